The number of fused-ring (bicyclic) bond motifs is 1. The SMILES string of the molecule is CCOc1ccc(CN2C[C@@H]3[C@@H](COCCCN4CCCCC4)[C@@H]3C2)cc1. The third kappa shape index (κ3) is 5.24. The highest BCUT2D eigenvalue weighted by atomic mass is 16.5. The second kappa shape index (κ2) is 9.40. The zero-order valence-electron chi connectivity index (χ0n) is 16.9. The molecule has 4 heteroatoms. The lowest BCUT2D eigenvalue weighted by Gasteiger charge is -2.26. The van der Waals surface area contributed by atoms with Crippen molar-refractivity contribution in [3.63, 3.8) is 0 Å². The topological polar surface area (TPSA) is 24.9 Å². The van der Waals surface area contributed by atoms with Gasteiger partial charge in [-0.1, -0.05) is 18.6 Å². The number of hydrogen-bond donors (Lipinski definition) is 0. The number of hydrogen-bond acceptors (Lipinski definition) is 4. The van der Waals surface area contributed by atoms with Crippen molar-refractivity contribution in [1.82, 2.24) is 9.80 Å². The van der Waals surface area contributed by atoms with Crippen molar-refractivity contribution in [2.24, 2.45) is 17.8 Å². The average Bonchev–Trinajstić information content (AvgIpc) is 3.15. The molecule has 4 rings (SSSR count). The van der Waals surface area contributed by atoms with Gasteiger partial charge in [-0.2, -0.15) is 0 Å². The van der Waals surface area contributed by atoms with Crippen LogP contribution in [0.15, 0.2) is 24.3 Å². The van der Waals surface area contributed by atoms with Crippen LogP contribution in [0.1, 0.15) is 38.2 Å². The second-order valence-electron chi connectivity index (χ2n) is 8.59. The van der Waals surface area contributed by atoms with E-state index in [0.29, 0.717) is 0 Å². The highest BCUT2D eigenvalue weighted by Crippen LogP contribution is 2.52. The standard InChI is InChI=1S/C23H36N2O2/c1-2-27-20-9-7-19(8-10-20)15-25-16-21-22(17-25)23(21)18-26-14-6-13-24-11-4-3-5-12-24/h7-10,21-23H,2-6,11-18H2,1H3/t21-,22+,23+. The Kier molecular flexibility index (Phi) is 6.69. The van der Waals surface area contributed by atoms with Crippen LogP contribution in [0.3, 0.4) is 0 Å². The molecule has 0 unspecified atom stereocenters. The van der Waals surface area contributed by atoms with Gasteiger partial charge in [0, 0.05) is 32.8 Å². The zero-order valence-corrected chi connectivity index (χ0v) is 16.9. The molecule has 3 aliphatic rings. The van der Waals surface area contributed by atoms with Crippen LogP contribution in [0.25, 0.3) is 0 Å². The summed E-state index contributed by atoms with van der Waals surface area (Å²) in [6, 6.07) is 8.60. The minimum atomic E-state index is 0.733. The summed E-state index contributed by atoms with van der Waals surface area (Å²) in [5, 5.41) is 0. The van der Waals surface area contributed by atoms with E-state index < -0.39 is 0 Å². The minimum absolute atomic E-state index is 0.733. The van der Waals surface area contributed by atoms with Crippen molar-refractivity contribution in [1.29, 1.82) is 0 Å². The highest BCUT2D eigenvalue weighted by molar-refractivity contribution is 5.27. The van der Waals surface area contributed by atoms with E-state index in [2.05, 4.69) is 34.1 Å². The summed E-state index contributed by atoms with van der Waals surface area (Å²) in [5.74, 6) is 3.57. The van der Waals surface area contributed by atoms with Crippen LogP contribution in [-0.2, 0) is 11.3 Å². The maximum Gasteiger partial charge on any atom is 0.119 e. The Labute approximate surface area is 164 Å². The number of likely N-dealkylation sites (tertiary alicyclic amines) is 2. The van der Waals surface area contributed by atoms with Gasteiger partial charge in [0.1, 0.15) is 5.75 Å². The lowest BCUT2D eigenvalue weighted by atomic mass is 10.1. The molecule has 150 valence electrons. The monoisotopic (exact) mass is 372 g/mol. The normalized spacial score (nSPS) is 28.3. The zero-order chi connectivity index (χ0) is 18.5. The minimum Gasteiger partial charge on any atom is -0.494 e. The van der Waals surface area contributed by atoms with Crippen molar-refractivity contribution in [3.05, 3.63) is 29.8 Å². The summed E-state index contributed by atoms with van der Waals surface area (Å²) in [6.07, 6.45) is 5.40. The quantitative estimate of drug-likeness (QED) is 0.585. The van der Waals surface area contributed by atoms with E-state index in [1.54, 1.807) is 0 Å². The molecule has 3 atom stereocenters. The molecule has 0 amide bonds. The van der Waals surface area contributed by atoms with E-state index in [-0.39, 0.29) is 0 Å². The van der Waals surface area contributed by atoms with E-state index in [4.69, 9.17) is 9.47 Å². The number of rotatable bonds is 10. The molecule has 2 heterocycles. The van der Waals surface area contributed by atoms with Gasteiger partial charge >= 0.3 is 0 Å². The summed E-state index contributed by atoms with van der Waals surface area (Å²) in [7, 11) is 0. The van der Waals surface area contributed by atoms with Gasteiger partial charge in [-0.15, -0.1) is 0 Å². The summed E-state index contributed by atoms with van der Waals surface area (Å²) < 4.78 is 11.5. The van der Waals surface area contributed by atoms with Crippen molar-refractivity contribution in [3.8, 4) is 5.75 Å². The van der Waals surface area contributed by atoms with Crippen LogP contribution < -0.4 is 4.74 Å². The fourth-order valence-corrected chi connectivity index (χ4v) is 5.02. The van der Waals surface area contributed by atoms with Crippen molar-refractivity contribution in [2.45, 2.75) is 39.2 Å². The fraction of sp³-hybridized carbons (Fsp3) is 0.739. The first-order chi connectivity index (χ1) is 13.3. The van der Waals surface area contributed by atoms with Gasteiger partial charge < -0.3 is 14.4 Å². The molecule has 27 heavy (non-hydrogen) atoms. The first-order valence-electron chi connectivity index (χ1n) is 11.1. The Morgan fingerprint density at radius 3 is 2.41 bits per heavy atom. The predicted molar refractivity (Wildman–Crippen MR) is 109 cm³/mol. The van der Waals surface area contributed by atoms with Crippen LogP contribution in [-0.4, -0.2) is 62.3 Å². The Balaban J connectivity index is 1.07. The van der Waals surface area contributed by atoms with Crippen LogP contribution in [0.4, 0.5) is 0 Å². The summed E-state index contributed by atoms with van der Waals surface area (Å²) >= 11 is 0. The third-order valence-electron chi connectivity index (χ3n) is 6.61. The fourth-order valence-electron chi connectivity index (χ4n) is 5.02. The van der Waals surface area contributed by atoms with Gasteiger partial charge in [0.2, 0.25) is 0 Å². The van der Waals surface area contributed by atoms with Gasteiger partial charge in [0.15, 0.2) is 0 Å². The third-order valence-corrected chi connectivity index (χ3v) is 6.61. The molecule has 0 aromatic heterocycles. The molecule has 0 bridgehead atoms. The highest BCUT2D eigenvalue weighted by Gasteiger charge is 2.55. The first-order valence-corrected chi connectivity index (χ1v) is 11.1. The predicted octanol–water partition coefficient (Wildman–Crippen LogP) is 3.66. The molecule has 1 saturated carbocycles. The van der Waals surface area contributed by atoms with Gasteiger partial charge in [-0.3, -0.25) is 4.90 Å². The van der Waals surface area contributed by atoms with Crippen LogP contribution >= 0.6 is 0 Å². The Hall–Kier alpha value is -1.10. The number of piperidine rings is 2. The number of nitrogens with zero attached hydrogens (tertiary/aromatic N) is 2. The number of ether oxygens (including phenoxy) is 2. The molecule has 1 aromatic carbocycles. The van der Waals surface area contributed by atoms with E-state index in [9.17, 15) is 0 Å². The smallest absolute Gasteiger partial charge is 0.119 e. The largest absolute Gasteiger partial charge is 0.494 e. The van der Waals surface area contributed by atoms with Gasteiger partial charge in [0.05, 0.1) is 13.2 Å². The van der Waals surface area contributed by atoms with Crippen molar-refractivity contribution < 1.29 is 9.47 Å². The molecular formula is C23H36N2O2. The van der Waals surface area contributed by atoms with Crippen LogP contribution in [0.2, 0.25) is 0 Å². The molecule has 3 fully saturated rings. The van der Waals surface area contributed by atoms with E-state index in [1.165, 1.54) is 64.0 Å². The van der Waals surface area contributed by atoms with Crippen LogP contribution in [0.5, 0.6) is 5.75 Å². The summed E-state index contributed by atoms with van der Waals surface area (Å²) in [5.41, 5.74) is 1.39. The first kappa shape index (κ1) is 19.2. The molecule has 0 radical (unpaired) electrons. The van der Waals surface area contributed by atoms with Gasteiger partial charge in [-0.05, 0) is 74.7 Å². The van der Waals surface area contributed by atoms with Gasteiger partial charge in [-0.25, -0.2) is 0 Å². The maximum atomic E-state index is 6.02. The van der Waals surface area contributed by atoms with E-state index >= 15 is 0 Å². The maximum absolute atomic E-state index is 6.02. The lowest BCUT2D eigenvalue weighted by Crippen LogP contribution is -2.31. The van der Waals surface area contributed by atoms with E-state index in [1.807, 2.05) is 6.92 Å². The summed E-state index contributed by atoms with van der Waals surface area (Å²) in [4.78, 5) is 5.22. The molecule has 2 saturated heterocycles. The molecule has 1 aromatic rings. The van der Waals surface area contributed by atoms with Gasteiger partial charge in [0.25, 0.3) is 0 Å². The molecule has 2 aliphatic heterocycles. The Bertz CT molecular complexity index is 558. The van der Waals surface area contributed by atoms with E-state index in [0.717, 1.165) is 49.9 Å². The lowest BCUT2D eigenvalue weighted by molar-refractivity contribution is 0.0967. The molecule has 0 N–H and O–H groups in total. The van der Waals surface area contributed by atoms with Crippen molar-refractivity contribution in [2.75, 3.05) is 52.5 Å². The summed E-state index contributed by atoms with van der Waals surface area (Å²) in [6.45, 7) is 12.1. The Morgan fingerprint density at radius 1 is 0.963 bits per heavy atom. The molecule has 1 aliphatic carbocycles. The molecule has 0 spiro atoms. The molecule has 4 nitrogen and oxygen atoms in total. The van der Waals surface area contributed by atoms with Crippen LogP contribution in [0, 0.1) is 17.8 Å². The Morgan fingerprint density at radius 2 is 1.70 bits per heavy atom. The average molecular weight is 373 g/mol. The second-order valence-corrected chi connectivity index (χ2v) is 8.59. The van der Waals surface area contributed by atoms with Crippen molar-refractivity contribution >= 4 is 0 Å². The number of benzene rings is 1. The molecular weight excluding hydrogens is 336 g/mol.